The van der Waals surface area contributed by atoms with Crippen molar-refractivity contribution in [3.63, 3.8) is 0 Å². The van der Waals surface area contributed by atoms with E-state index in [2.05, 4.69) is 29.6 Å². The monoisotopic (exact) mass is 248 g/mol. The zero-order valence-electron chi connectivity index (χ0n) is 10.9. The first-order chi connectivity index (χ1) is 8.50. The van der Waals surface area contributed by atoms with E-state index in [4.69, 9.17) is 5.84 Å². The molecule has 5 nitrogen and oxygen atoms in total. The number of hydrogen-bond acceptors (Lipinski definition) is 4. The minimum absolute atomic E-state index is 0.0587. The highest BCUT2D eigenvalue weighted by Crippen LogP contribution is 2.36. The number of nitrogen functional groups attached to an aromatic ring is 1. The molecule has 1 amide bonds. The largest absolute Gasteiger partial charge is 0.349 e. The molecule has 1 heterocycles. The van der Waals surface area contributed by atoms with Crippen molar-refractivity contribution in [2.45, 2.75) is 39.2 Å². The summed E-state index contributed by atoms with van der Waals surface area (Å²) in [6, 6.07) is 3.61. The zero-order chi connectivity index (χ0) is 13.2. The van der Waals surface area contributed by atoms with Gasteiger partial charge in [-0.2, -0.15) is 0 Å². The number of nitrogens with one attached hydrogen (secondary N) is 2. The van der Waals surface area contributed by atoms with Gasteiger partial charge < -0.3 is 10.7 Å². The van der Waals surface area contributed by atoms with Crippen LogP contribution >= 0.6 is 0 Å². The fourth-order valence-corrected chi connectivity index (χ4v) is 2.48. The number of anilines is 1. The average Bonchev–Trinajstić information content (AvgIpc) is 2.68. The summed E-state index contributed by atoms with van der Waals surface area (Å²) in [6.07, 6.45) is 4.81. The van der Waals surface area contributed by atoms with Crippen LogP contribution in [-0.4, -0.2) is 16.9 Å². The standard InChI is InChI=1S/C13H20N4O/c1-13(2)5-3-10(8-13)16-12(18)9-4-6-15-11(7-9)17-14/h4,6-7,10H,3,5,8,14H2,1-2H3,(H,15,17)(H,16,18). The van der Waals surface area contributed by atoms with Gasteiger partial charge in [0.15, 0.2) is 0 Å². The van der Waals surface area contributed by atoms with Gasteiger partial charge in [-0.3, -0.25) is 4.79 Å². The number of hydrogen-bond donors (Lipinski definition) is 3. The predicted octanol–water partition coefficient (Wildman–Crippen LogP) is 1.68. The van der Waals surface area contributed by atoms with E-state index in [0.717, 1.165) is 19.3 Å². The first-order valence-electron chi connectivity index (χ1n) is 6.24. The summed E-state index contributed by atoms with van der Waals surface area (Å²) in [6.45, 7) is 4.48. The van der Waals surface area contributed by atoms with Crippen molar-refractivity contribution in [3.05, 3.63) is 23.9 Å². The summed E-state index contributed by atoms with van der Waals surface area (Å²) < 4.78 is 0. The highest BCUT2D eigenvalue weighted by molar-refractivity contribution is 5.95. The molecule has 1 atom stereocenters. The quantitative estimate of drug-likeness (QED) is 0.561. The molecule has 0 aromatic carbocycles. The topological polar surface area (TPSA) is 80.0 Å². The van der Waals surface area contributed by atoms with Crippen LogP contribution in [0.1, 0.15) is 43.5 Å². The molecule has 1 saturated carbocycles. The average molecular weight is 248 g/mol. The first-order valence-corrected chi connectivity index (χ1v) is 6.24. The van der Waals surface area contributed by atoms with Crippen molar-refractivity contribution in [3.8, 4) is 0 Å². The van der Waals surface area contributed by atoms with E-state index in [-0.39, 0.29) is 11.9 Å². The van der Waals surface area contributed by atoms with Gasteiger partial charge in [-0.05, 0) is 36.8 Å². The third kappa shape index (κ3) is 2.98. The van der Waals surface area contributed by atoms with Gasteiger partial charge >= 0.3 is 0 Å². The number of aromatic nitrogens is 1. The molecule has 4 N–H and O–H groups in total. The van der Waals surface area contributed by atoms with Crippen LogP contribution in [0.4, 0.5) is 5.82 Å². The first kappa shape index (κ1) is 12.8. The number of pyridine rings is 1. The van der Waals surface area contributed by atoms with Crippen LogP contribution in [0.15, 0.2) is 18.3 Å². The van der Waals surface area contributed by atoms with E-state index >= 15 is 0 Å². The third-order valence-corrected chi connectivity index (χ3v) is 3.47. The number of rotatable bonds is 3. The molecule has 0 spiro atoms. The number of nitrogens with two attached hydrogens (primary N) is 1. The summed E-state index contributed by atoms with van der Waals surface area (Å²) in [4.78, 5) is 16.1. The lowest BCUT2D eigenvalue weighted by Gasteiger charge is -2.18. The summed E-state index contributed by atoms with van der Waals surface area (Å²) in [5.74, 6) is 5.71. The van der Waals surface area contributed by atoms with Crippen molar-refractivity contribution >= 4 is 11.7 Å². The Kier molecular flexibility index (Phi) is 3.52. The second-order valence-electron chi connectivity index (χ2n) is 5.65. The lowest BCUT2D eigenvalue weighted by atomic mass is 9.92. The Morgan fingerprint density at radius 2 is 2.33 bits per heavy atom. The minimum atomic E-state index is -0.0587. The summed E-state index contributed by atoms with van der Waals surface area (Å²) in [5.41, 5.74) is 3.36. The molecule has 18 heavy (non-hydrogen) atoms. The molecular formula is C13H20N4O. The highest BCUT2D eigenvalue weighted by atomic mass is 16.1. The molecule has 2 rings (SSSR count). The lowest BCUT2D eigenvalue weighted by Crippen LogP contribution is -2.33. The van der Waals surface area contributed by atoms with Gasteiger partial charge in [-0.1, -0.05) is 13.8 Å². The number of carbonyl (C=O) groups excluding carboxylic acids is 1. The van der Waals surface area contributed by atoms with Crippen LogP contribution in [0.25, 0.3) is 0 Å². The molecule has 0 radical (unpaired) electrons. The Hall–Kier alpha value is -1.62. The lowest BCUT2D eigenvalue weighted by molar-refractivity contribution is 0.0936. The Morgan fingerprint density at radius 1 is 1.56 bits per heavy atom. The van der Waals surface area contributed by atoms with E-state index < -0.39 is 0 Å². The number of nitrogens with zero attached hydrogens (tertiary/aromatic N) is 1. The van der Waals surface area contributed by atoms with Gasteiger partial charge in [0, 0.05) is 17.8 Å². The molecule has 1 unspecified atom stereocenters. The van der Waals surface area contributed by atoms with Gasteiger partial charge in [-0.25, -0.2) is 10.8 Å². The van der Waals surface area contributed by atoms with Crippen molar-refractivity contribution in [1.29, 1.82) is 0 Å². The van der Waals surface area contributed by atoms with Crippen LogP contribution in [-0.2, 0) is 0 Å². The molecule has 1 fully saturated rings. The summed E-state index contributed by atoms with van der Waals surface area (Å²) in [7, 11) is 0. The maximum Gasteiger partial charge on any atom is 0.251 e. The number of hydrazine groups is 1. The summed E-state index contributed by atoms with van der Waals surface area (Å²) >= 11 is 0. The van der Waals surface area contributed by atoms with Gasteiger partial charge in [-0.15, -0.1) is 0 Å². The molecule has 1 aromatic heterocycles. The molecule has 1 aliphatic carbocycles. The Morgan fingerprint density at radius 3 is 2.94 bits per heavy atom. The summed E-state index contributed by atoms with van der Waals surface area (Å²) in [5, 5.41) is 3.07. The molecule has 0 saturated heterocycles. The van der Waals surface area contributed by atoms with Crippen molar-refractivity contribution in [1.82, 2.24) is 10.3 Å². The molecule has 98 valence electrons. The van der Waals surface area contributed by atoms with Crippen LogP contribution in [0.5, 0.6) is 0 Å². The number of carbonyl (C=O) groups is 1. The van der Waals surface area contributed by atoms with E-state index in [1.54, 1.807) is 18.3 Å². The maximum absolute atomic E-state index is 12.1. The normalized spacial score (nSPS) is 21.6. The van der Waals surface area contributed by atoms with Crippen molar-refractivity contribution < 1.29 is 4.79 Å². The van der Waals surface area contributed by atoms with Crippen molar-refractivity contribution in [2.24, 2.45) is 11.3 Å². The van der Waals surface area contributed by atoms with Crippen LogP contribution < -0.4 is 16.6 Å². The van der Waals surface area contributed by atoms with Gasteiger partial charge in [0.1, 0.15) is 5.82 Å². The number of amides is 1. The molecule has 5 heteroatoms. The van der Waals surface area contributed by atoms with Gasteiger partial charge in [0.05, 0.1) is 0 Å². The second-order valence-corrected chi connectivity index (χ2v) is 5.65. The molecular weight excluding hydrogens is 228 g/mol. The van der Waals surface area contributed by atoms with E-state index in [9.17, 15) is 4.79 Å². The fourth-order valence-electron chi connectivity index (χ4n) is 2.48. The van der Waals surface area contributed by atoms with E-state index in [0.29, 0.717) is 16.8 Å². The van der Waals surface area contributed by atoms with Gasteiger partial charge in [0.2, 0.25) is 0 Å². The Bertz CT molecular complexity index is 444. The van der Waals surface area contributed by atoms with Gasteiger partial charge in [0.25, 0.3) is 5.91 Å². The van der Waals surface area contributed by atoms with E-state index in [1.807, 2.05) is 0 Å². The second kappa shape index (κ2) is 4.94. The Labute approximate surface area is 107 Å². The van der Waals surface area contributed by atoms with Crippen LogP contribution in [0.3, 0.4) is 0 Å². The third-order valence-electron chi connectivity index (χ3n) is 3.47. The Balaban J connectivity index is 1.99. The maximum atomic E-state index is 12.1. The van der Waals surface area contributed by atoms with Crippen LogP contribution in [0.2, 0.25) is 0 Å². The zero-order valence-corrected chi connectivity index (χ0v) is 10.9. The molecule has 0 bridgehead atoms. The molecule has 1 aromatic rings. The predicted molar refractivity (Wildman–Crippen MR) is 70.9 cm³/mol. The fraction of sp³-hybridized carbons (Fsp3) is 0.538. The van der Waals surface area contributed by atoms with E-state index in [1.165, 1.54) is 0 Å². The molecule has 0 aliphatic heterocycles. The highest BCUT2D eigenvalue weighted by Gasteiger charge is 2.31. The van der Waals surface area contributed by atoms with Crippen molar-refractivity contribution in [2.75, 3.05) is 5.43 Å². The smallest absolute Gasteiger partial charge is 0.251 e. The van der Waals surface area contributed by atoms with Crippen LogP contribution in [0, 0.1) is 5.41 Å². The minimum Gasteiger partial charge on any atom is -0.349 e. The SMILES string of the molecule is CC1(C)CCC(NC(=O)c2ccnc(NN)c2)C1. The molecule has 1 aliphatic rings.